The molecule has 1 heterocycles. The van der Waals surface area contributed by atoms with E-state index in [0.717, 1.165) is 29.7 Å². The van der Waals surface area contributed by atoms with Crippen LogP contribution in [0.3, 0.4) is 0 Å². The number of rotatable bonds is 12. The van der Waals surface area contributed by atoms with Gasteiger partial charge in [0, 0.05) is 20.8 Å². The first kappa shape index (κ1) is 18.6. The van der Waals surface area contributed by atoms with Crippen LogP contribution in [0.4, 0.5) is 0 Å². The Morgan fingerprint density at radius 3 is 2.67 bits per heavy atom. The number of ether oxygens (including phenoxy) is 3. The maximum atomic E-state index is 5.58. The Kier molecular flexibility index (Phi) is 9.86. The molecular formula is C14H26BrN3O3. The third kappa shape index (κ3) is 6.44. The summed E-state index contributed by atoms with van der Waals surface area (Å²) >= 11 is 3.59. The van der Waals surface area contributed by atoms with Crippen LogP contribution in [0.1, 0.15) is 25.1 Å². The summed E-state index contributed by atoms with van der Waals surface area (Å²) in [5.41, 5.74) is 1.14. The van der Waals surface area contributed by atoms with E-state index in [0.29, 0.717) is 26.4 Å². The molecule has 0 amide bonds. The fraction of sp³-hybridized carbons (Fsp3) is 0.786. The molecule has 1 aromatic heterocycles. The molecule has 1 N–H and O–H groups in total. The Morgan fingerprint density at radius 1 is 1.24 bits per heavy atom. The van der Waals surface area contributed by atoms with Crippen molar-refractivity contribution < 1.29 is 14.2 Å². The van der Waals surface area contributed by atoms with Crippen molar-refractivity contribution in [2.24, 2.45) is 0 Å². The van der Waals surface area contributed by atoms with Gasteiger partial charge < -0.3 is 19.5 Å². The van der Waals surface area contributed by atoms with E-state index in [-0.39, 0.29) is 6.04 Å². The van der Waals surface area contributed by atoms with Crippen LogP contribution >= 0.6 is 15.9 Å². The van der Waals surface area contributed by atoms with Crippen molar-refractivity contribution in [1.29, 1.82) is 0 Å². The minimum Gasteiger partial charge on any atom is -0.383 e. The van der Waals surface area contributed by atoms with E-state index in [4.69, 9.17) is 14.2 Å². The molecular weight excluding hydrogens is 338 g/mol. The normalized spacial score (nSPS) is 12.8. The molecule has 0 spiro atoms. The van der Waals surface area contributed by atoms with Crippen LogP contribution in [-0.2, 0) is 20.8 Å². The Labute approximate surface area is 135 Å². The topological polar surface area (TPSA) is 57.5 Å². The maximum absolute atomic E-state index is 5.58. The molecule has 0 aliphatic carbocycles. The van der Waals surface area contributed by atoms with Crippen LogP contribution in [0.2, 0.25) is 0 Å². The average Bonchev–Trinajstić information content (AvgIpc) is 2.84. The van der Waals surface area contributed by atoms with Crippen LogP contribution in [-0.4, -0.2) is 57.0 Å². The number of methoxy groups -OCH3 is 2. The Bertz CT molecular complexity index is 388. The van der Waals surface area contributed by atoms with Gasteiger partial charge in [0.25, 0.3) is 0 Å². The van der Waals surface area contributed by atoms with Crippen molar-refractivity contribution >= 4 is 15.9 Å². The van der Waals surface area contributed by atoms with Crippen LogP contribution in [0.25, 0.3) is 0 Å². The summed E-state index contributed by atoms with van der Waals surface area (Å²) in [4.78, 5) is 0. The second-order valence-electron chi connectivity index (χ2n) is 4.60. The summed E-state index contributed by atoms with van der Waals surface area (Å²) in [6.07, 6.45) is 2.72. The number of nitrogens with zero attached hydrogens (tertiary/aromatic N) is 2. The van der Waals surface area contributed by atoms with Crippen molar-refractivity contribution in [2.75, 3.05) is 47.2 Å². The highest BCUT2D eigenvalue weighted by Gasteiger charge is 2.19. The molecule has 122 valence electrons. The lowest BCUT2D eigenvalue weighted by molar-refractivity contribution is 0.0653. The highest BCUT2D eigenvalue weighted by atomic mass is 79.9. The summed E-state index contributed by atoms with van der Waals surface area (Å²) in [5, 5.41) is 7.89. The molecule has 7 heteroatoms. The minimum absolute atomic E-state index is 0.200. The van der Waals surface area contributed by atoms with Gasteiger partial charge in [-0.15, -0.1) is 0 Å². The van der Waals surface area contributed by atoms with E-state index in [1.165, 1.54) is 0 Å². The van der Waals surface area contributed by atoms with Gasteiger partial charge in [0.1, 0.15) is 0 Å². The number of nitrogens with one attached hydrogen (secondary N) is 1. The molecule has 0 bridgehead atoms. The Hall–Kier alpha value is -0.470. The van der Waals surface area contributed by atoms with E-state index < -0.39 is 0 Å². The lowest BCUT2D eigenvalue weighted by atomic mass is 10.1. The fourth-order valence-electron chi connectivity index (χ4n) is 2.10. The summed E-state index contributed by atoms with van der Waals surface area (Å²) in [5.74, 6) is 0. The molecule has 0 aliphatic heterocycles. The predicted octanol–water partition coefficient (Wildman–Crippen LogP) is 2.00. The maximum Gasteiger partial charge on any atom is 0.0700 e. The van der Waals surface area contributed by atoms with Crippen molar-refractivity contribution in [3.05, 3.63) is 16.4 Å². The first-order valence-electron chi connectivity index (χ1n) is 7.24. The first-order valence-corrected chi connectivity index (χ1v) is 8.04. The standard InChI is InChI=1S/C14H26BrN3O3/c1-4-16-13(5-7-21-10-9-20-3)14-12(15)11-17-18(14)6-8-19-2/h11,13,16H,4-10H2,1-3H3. The van der Waals surface area contributed by atoms with Crippen molar-refractivity contribution in [2.45, 2.75) is 25.9 Å². The number of hydrogen-bond donors (Lipinski definition) is 1. The largest absolute Gasteiger partial charge is 0.383 e. The molecule has 6 nitrogen and oxygen atoms in total. The van der Waals surface area contributed by atoms with Gasteiger partial charge in [-0.25, -0.2) is 0 Å². The smallest absolute Gasteiger partial charge is 0.0700 e. The number of hydrogen-bond acceptors (Lipinski definition) is 5. The molecule has 0 radical (unpaired) electrons. The molecule has 0 saturated carbocycles. The first-order chi connectivity index (χ1) is 10.2. The molecule has 1 rings (SSSR count). The summed E-state index contributed by atoms with van der Waals surface area (Å²) < 4.78 is 18.7. The van der Waals surface area contributed by atoms with Crippen LogP contribution in [0, 0.1) is 0 Å². The predicted molar refractivity (Wildman–Crippen MR) is 85.5 cm³/mol. The quantitative estimate of drug-likeness (QED) is 0.575. The Balaban J connectivity index is 2.63. The van der Waals surface area contributed by atoms with Crippen molar-refractivity contribution in [1.82, 2.24) is 15.1 Å². The zero-order valence-electron chi connectivity index (χ0n) is 13.1. The van der Waals surface area contributed by atoms with E-state index >= 15 is 0 Å². The second kappa shape index (κ2) is 11.1. The van der Waals surface area contributed by atoms with Gasteiger partial charge in [-0.3, -0.25) is 4.68 Å². The highest BCUT2D eigenvalue weighted by Crippen LogP contribution is 2.25. The summed E-state index contributed by atoms with van der Waals surface area (Å²) in [7, 11) is 3.37. The molecule has 21 heavy (non-hydrogen) atoms. The Morgan fingerprint density at radius 2 is 2.00 bits per heavy atom. The van der Waals surface area contributed by atoms with E-state index in [9.17, 15) is 0 Å². The molecule has 1 unspecified atom stereocenters. The minimum atomic E-state index is 0.200. The average molecular weight is 364 g/mol. The zero-order valence-corrected chi connectivity index (χ0v) is 14.7. The van der Waals surface area contributed by atoms with Gasteiger partial charge in [-0.05, 0) is 28.9 Å². The third-order valence-electron chi connectivity index (χ3n) is 3.10. The molecule has 0 aliphatic rings. The molecule has 1 aromatic rings. The van der Waals surface area contributed by atoms with Crippen LogP contribution in [0.5, 0.6) is 0 Å². The lowest BCUT2D eigenvalue weighted by Gasteiger charge is -2.20. The van der Waals surface area contributed by atoms with E-state index in [1.54, 1.807) is 14.2 Å². The third-order valence-corrected chi connectivity index (χ3v) is 3.71. The van der Waals surface area contributed by atoms with Gasteiger partial charge in [0.05, 0.1) is 48.8 Å². The van der Waals surface area contributed by atoms with Crippen LogP contribution < -0.4 is 5.32 Å². The van der Waals surface area contributed by atoms with Gasteiger partial charge >= 0.3 is 0 Å². The summed E-state index contributed by atoms with van der Waals surface area (Å²) in [6, 6.07) is 0.200. The van der Waals surface area contributed by atoms with Gasteiger partial charge in [0.15, 0.2) is 0 Å². The lowest BCUT2D eigenvalue weighted by Crippen LogP contribution is -2.26. The SMILES string of the molecule is CCNC(CCOCCOC)c1c(Br)cnn1CCOC. The number of halogens is 1. The van der Waals surface area contributed by atoms with Crippen LogP contribution in [0.15, 0.2) is 10.7 Å². The van der Waals surface area contributed by atoms with Gasteiger partial charge in [0.2, 0.25) is 0 Å². The zero-order chi connectivity index (χ0) is 15.5. The number of aromatic nitrogens is 2. The summed E-state index contributed by atoms with van der Waals surface area (Å²) in [6.45, 7) is 6.31. The second-order valence-corrected chi connectivity index (χ2v) is 5.45. The molecule has 0 fully saturated rings. The molecule has 1 atom stereocenters. The van der Waals surface area contributed by atoms with E-state index in [2.05, 4.69) is 33.3 Å². The molecule has 0 saturated heterocycles. The van der Waals surface area contributed by atoms with Gasteiger partial charge in [-0.2, -0.15) is 5.10 Å². The molecule has 0 aromatic carbocycles. The van der Waals surface area contributed by atoms with Crippen molar-refractivity contribution in [3.63, 3.8) is 0 Å². The monoisotopic (exact) mass is 363 g/mol. The fourth-order valence-corrected chi connectivity index (χ4v) is 2.67. The highest BCUT2D eigenvalue weighted by molar-refractivity contribution is 9.10. The van der Waals surface area contributed by atoms with Crippen molar-refractivity contribution in [3.8, 4) is 0 Å². The van der Waals surface area contributed by atoms with Gasteiger partial charge in [-0.1, -0.05) is 6.92 Å². The van der Waals surface area contributed by atoms with E-state index in [1.807, 2.05) is 10.9 Å².